The first kappa shape index (κ1) is 18.7. The second kappa shape index (κ2) is 12.2. The van der Waals surface area contributed by atoms with Gasteiger partial charge < -0.3 is 4.57 Å². The van der Waals surface area contributed by atoms with Crippen LogP contribution in [0.2, 0.25) is 0 Å². The molecular weight excluding hydrogens is 272 g/mol. The fourth-order valence-corrected chi connectivity index (χ4v) is 2.65. The molecule has 0 aromatic carbocycles. The molecule has 0 saturated heterocycles. The number of imidazole rings is 1. The zero-order valence-electron chi connectivity index (χ0n) is 14.2. The first-order chi connectivity index (χ1) is 10.8. The summed E-state index contributed by atoms with van der Waals surface area (Å²) in [5, 5.41) is 0. The van der Waals surface area contributed by atoms with Crippen LogP contribution in [0.3, 0.4) is 0 Å². The van der Waals surface area contributed by atoms with Gasteiger partial charge in [-0.3, -0.25) is 4.79 Å². The van der Waals surface area contributed by atoms with Gasteiger partial charge in [-0.15, -0.1) is 6.58 Å². The van der Waals surface area contributed by atoms with Crippen LogP contribution in [-0.4, -0.2) is 15.3 Å². The molecule has 0 aliphatic carbocycles. The van der Waals surface area contributed by atoms with E-state index in [9.17, 15) is 4.79 Å². The number of hydrogen-bond acceptors (Lipinski definition) is 2. The van der Waals surface area contributed by atoms with Crippen LogP contribution in [-0.2, 0) is 17.8 Å². The molecule has 0 fully saturated rings. The predicted molar refractivity (Wildman–Crippen MR) is 93.0 cm³/mol. The SMILES string of the molecule is C=CCCc1nccn1CCC(=O)CCCCCCCCC. The molecule has 1 aromatic heterocycles. The normalized spacial score (nSPS) is 10.8. The van der Waals surface area contributed by atoms with Gasteiger partial charge in [0.1, 0.15) is 11.6 Å². The molecule has 3 nitrogen and oxygen atoms in total. The third kappa shape index (κ3) is 8.16. The minimum Gasteiger partial charge on any atom is -0.334 e. The zero-order chi connectivity index (χ0) is 16.0. The third-order valence-electron chi connectivity index (χ3n) is 4.06. The van der Waals surface area contributed by atoms with Crippen molar-refractivity contribution in [3.63, 3.8) is 0 Å². The highest BCUT2D eigenvalue weighted by atomic mass is 16.1. The van der Waals surface area contributed by atoms with Crippen molar-refractivity contribution in [2.75, 3.05) is 0 Å². The Morgan fingerprint density at radius 1 is 1.18 bits per heavy atom. The summed E-state index contributed by atoms with van der Waals surface area (Å²) in [6.07, 6.45) is 17.7. The van der Waals surface area contributed by atoms with Crippen molar-refractivity contribution in [3.05, 3.63) is 30.9 Å². The van der Waals surface area contributed by atoms with Crippen molar-refractivity contribution < 1.29 is 4.79 Å². The van der Waals surface area contributed by atoms with Crippen LogP contribution in [0, 0.1) is 0 Å². The molecule has 0 radical (unpaired) electrons. The standard InChI is InChI=1S/C19H32N2O/c1-3-5-7-8-9-10-11-12-18(22)14-16-21-17-15-20-19(21)13-6-4-2/h4,15,17H,2-3,5-14,16H2,1H3. The Labute approximate surface area is 135 Å². The zero-order valence-corrected chi connectivity index (χ0v) is 14.2. The van der Waals surface area contributed by atoms with E-state index in [1.165, 1.54) is 38.5 Å². The fraction of sp³-hybridized carbons (Fsp3) is 0.684. The van der Waals surface area contributed by atoms with E-state index in [2.05, 4.69) is 23.1 Å². The maximum Gasteiger partial charge on any atom is 0.134 e. The lowest BCUT2D eigenvalue weighted by Gasteiger charge is -2.07. The molecule has 0 aliphatic rings. The van der Waals surface area contributed by atoms with Crippen LogP contribution in [0.1, 0.15) is 77.0 Å². The number of hydrogen-bond donors (Lipinski definition) is 0. The Hall–Kier alpha value is -1.38. The number of nitrogens with zero attached hydrogens (tertiary/aromatic N) is 2. The van der Waals surface area contributed by atoms with Crippen molar-refractivity contribution in [2.24, 2.45) is 0 Å². The van der Waals surface area contributed by atoms with Crippen LogP contribution in [0.4, 0.5) is 0 Å². The van der Waals surface area contributed by atoms with Crippen LogP contribution in [0.15, 0.2) is 25.0 Å². The largest absolute Gasteiger partial charge is 0.334 e. The molecule has 124 valence electrons. The Morgan fingerprint density at radius 3 is 2.64 bits per heavy atom. The minimum atomic E-state index is 0.386. The number of carbonyl (C=O) groups is 1. The van der Waals surface area contributed by atoms with E-state index in [1.807, 2.05) is 18.5 Å². The Kier molecular flexibility index (Phi) is 10.3. The van der Waals surface area contributed by atoms with Crippen molar-refractivity contribution in [3.8, 4) is 0 Å². The Bertz CT molecular complexity index is 423. The van der Waals surface area contributed by atoms with Crippen molar-refractivity contribution in [2.45, 2.75) is 84.1 Å². The number of allylic oxidation sites excluding steroid dienone is 1. The summed E-state index contributed by atoms with van der Waals surface area (Å²) in [4.78, 5) is 16.3. The summed E-state index contributed by atoms with van der Waals surface area (Å²) in [5.74, 6) is 1.44. The molecule has 0 unspecified atom stereocenters. The third-order valence-corrected chi connectivity index (χ3v) is 4.06. The highest BCUT2D eigenvalue weighted by Gasteiger charge is 2.06. The molecule has 0 spiro atoms. The molecule has 1 rings (SSSR count). The van der Waals surface area contributed by atoms with Gasteiger partial charge in [0.25, 0.3) is 0 Å². The summed E-state index contributed by atoms with van der Waals surface area (Å²) >= 11 is 0. The second-order valence-electron chi connectivity index (χ2n) is 6.02. The number of ketones is 1. The summed E-state index contributed by atoms with van der Waals surface area (Å²) in [7, 11) is 0. The summed E-state index contributed by atoms with van der Waals surface area (Å²) < 4.78 is 2.10. The highest BCUT2D eigenvalue weighted by molar-refractivity contribution is 5.78. The van der Waals surface area contributed by atoms with Gasteiger partial charge in [0, 0.05) is 38.2 Å². The molecule has 1 heterocycles. The second-order valence-corrected chi connectivity index (χ2v) is 6.02. The predicted octanol–water partition coefficient (Wildman–Crippen LogP) is 5.10. The molecule has 0 bridgehead atoms. The average Bonchev–Trinajstić information content (AvgIpc) is 2.97. The van der Waals surface area contributed by atoms with Gasteiger partial charge in [-0.05, 0) is 12.8 Å². The van der Waals surface area contributed by atoms with E-state index >= 15 is 0 Å². The molecule has 3 heteroatoms. The molecule has 0 amide bonds. The molecule has 0 saturated carbocycles. The molecule has 1 aromatic rings. The lowest BCUT2D eigenvalue weighted by Crippen LogP contribution is -2.08. The quantitative estimate of drug-likeness (QED) is 0.354. The monoisotopic (exact) mass is 304 g/mol. The van der Waals surface area contributed by atoms with E-state index in [1.54, 1.807) is 0 Å². The van der Waals surface area contributed by atoms with Crippen LogP contribution in [0.25, 0.3) is 0 Å². The van der Waals surface area contributed by atoms with Gasteiger partial charge in [0.05, 0.1) is 0 Å². The minimum absolute atomic E-state index is 0.386. The number of aromatic nitrogens is 2. The lowest BCUT2D eigenvalue weighted by molar-refractivity contribution is -0.119. The first-order valence-electron chi connectivity index (χ1n) is 8.90. The Morgan fingerprint density at radius 2 is 1.91 bits per heavy atom. The first-order valence-corrected chi connectivity index (χ1v) is 8.90. The number of rotatable bonds is 14. The van der Waals surface area contributed by atoms with Crippen LogP contribution < -0.4 is 0 Å². The number of aryl methyl sites for hydroxylation is 2. The van der Waals surface area contributed by atoms with E-state index in [-0.39, 0.29) is 0 Å². The van der Waals surface area contributed by atoms with Crippen LogP contribution >= 0.6 is 0 Å². The molecule has 0 N–H and O–H groups in total. The highest BCUT2D eigenvalue weighted by Crippen LogP contribution is 2.10. The van der Waals surface area contributed by atoms with Gasteiger partial charge >= 0.3 is 0 Å². The Balaban J connectivity index is 2.10. The van der Waals surface area contributed by atoms with Gasteiger partial charge in [-0.2, -0.15) is 0 Å². The van der Waals surface area contributed by atoms with Gasteiger partial charge in [0.15, 0.2) is 0 Å². The van der Waals surface area contributed by atoms with E-state index in [4.69, 9.17) is 0 Å². The van der Waals surface area contributed by atoms with Gasteiger partial charge in [0.2, 0.25) is 0 Å². The van der Waals surface area contributed by atoms with Crippen LogP contribution in [0.5, 0.6) is 0 Å². The smallest absolute Gasteiger partial charge is 0.134 e. The van der Waals surface area contributed by atoms with E-state index in [0.717, 1.165) is 38.1 Å². The molecule has 22 heavy (non-hydrogen) atoms. The van der Waals surface area contributed by atoms with E-state index in [0.29, 0.717) is 12.2 Å². The number of carbonyl (C=O) groups excluding carboxylic acids is 1. The number of unbranched alkanes of at least 4 members (excludes halogenated alkanes) is 6. The van der Waals surface area contributed by atoms with Crippen molar-refractivity contribution in [1.82, 2.24) is 9.55 Å². The van der Waals surface area contributed by atoms with Gasteiger partial charge in [-0.25, -0.2) is 4.98 Å². The summed E-state index contributed by atoms with van der Waals surface area (Å²) in [5.41, 5.74) is 0. The van der Waals surface area contributed by atoms with Crippen molar-refractivity contribution in [1.29, 1.82) is 0 Å². The van der Waals surface area contributed by atoms with Gasteiger partial charge in [-0.1, -0.05) is 51.5 Å². The lowest BCUT2D eigenvalue weighted by atomic mass is 10.1. The van der Waals surface area contributed by atoms with Crippen molar-refractivity contribution >= 4 is 5.78 Å². The average molecular weight is 304 g/mol. The summed E-state index contributed by atoms with van der Waals surface area (Å²) in [6.45, 7) is 6.74. The fourth-order valence-electron chi connectivity index (χ4n) is 2.65. The molecule has 0 aliphatic heterocycles. The maximum absolute atomic E-state index is 11.9. The molecule has 0 atom stereocenters. The van der Waals surface area contributed by atoms with E-state index < -0.39 is 0 Å². The topological polar surface area (TPSA) is 34.9 Å². The molecular formula is C19H32N2O. The summed E-state index contributed by atoms with van der Waals surface area (Å²) in [6, 6.07) is 0. The maximum atomic E-state index is 11.9. The number of Topliss-reactive ketones (excluding diaryl/α,β-unsaturated/α-hetero) is 1.